The number of nitrogens with one attached hydrogen (secondary N) is 1. The Balaban J connectivity index is 1.71. The fourth-order valence-electron chi connectivity index (χ4n) is 1.79. The van der Waals surface area contributed by atoms with E-state index in [1.807, 2.05) is 6.07 Å². The fraction of sp³-hybridized carbons (Fsp3) is 0.250. The number of hydrogen-bond acceptors (Lipinski definition) is 5. The van der Waals surface area contributed by atoms with E-state index in [0.29, 0.717) is 29.4 Å². The molecule has 21 heavy (non-hydrogen) atoms. The van der Waals surface area contributed by atoms with Crippen molar-refractivity contribution in [3.8, 4) is 11.5 Å². The van der Waals surface area contributed by atoms with Crippen molar-refractivity contribution in [1.82, 2.24) is 4.98 Å². The lowest BCUT2D eigenvalue weighted by Gasteiger charge is -2.06. The molecule has 1 aliphatic heterocycles. The molecule has 0 amide bonds. The molecule has 2 aromatic rings. The number of aromatic nitrogens is 1. The molecular formula is C12H8BrF3N2O2S. The van der Waals surface area contributed by atoms with Crippen LogP contribution in [0.3, 0.4) is 0 Å². The zero-order valence-corrected chi connectivity index (χ0v) is 12.7. The number of anilines is 1. The summed E-state index contributed by atoms with van der Waals surface area (Å²) >= 11 is 3.93. The number of ether oxygens (including phenoxy) is 2. The molecule has 2 heterocycles. The Kier molecular flexibility index (Phi) is 3.70. The fourth-order valence-corrected chi connectivity index (χ4v) is 3.07. The number of hydrogen-bond donors (Lipinski definition) is 1. The minimum atomic E-state index is -4.36. The Hall–Kier alpha value is -1.48. The second-order valence-electron chi connectivity index (χ2n) is 4.19. The Morgan fingerprint density at radius 3 is 2.86 bits per heavy atom. The van der Waals surface area contributed by atoms with Gasteiger partial charge in [-0.05, 0) is 33.6 Å². The average molecular weight is 381 g/mol. The van der Waals surface area contributed by atoms with E-state index in [1.165, 1.54) is 0 Å². The van der Waals surface area contributed by atoms with Gasteiger partial charge in [0.05, 0.1) is 10.7 Å². The lowest BCUT2D eigenvalue weighted by atomic mass is 10.2. The molecule has 0 aliphatic carbocycles. The van der Waals surface area contributed by atoms with Gasteiger partial charge in [0.15, 0.2) is 16.6 Å². The van der Waals surface area contributed by atoms with Crippen LogP contribution in [0.4, 0.5) is 18.3 Å². The van der Waals surface area contributed by atoms with E-state index in [0.717, 1.165) is 16.2 Å². The van der Waals surface area contributed by atoms with Crippen molar-refractivity contribution >= 4 is 32.4 Å². The summed E-state index contributed by atoms with van der Waals surface area (Å²) < 4.78 is 48.7. The molecule has 1 aromatic carbocycles. The highest BCUT2D eigenvalue weighted by Crippen LogP contribution is 2.40. The summed E-state index contributed by atoms with van der Waals surface area (Å²) in [5.41, 5.74) is 0.842. The molecule has 1 N–H and O–H groups in total. The third-order valence-corrected chi connectivity index (χ3v) is 4.30. The molecule has 1 aromatic heterocycles. The van der Waals surface area contributed by atoms with Gasteiger partial charge >= 0.3 is 6.18 Å². The Morgan fingerprint density at radius 2 is 2.14 bits per heavy atom. The molecule has 112 valence electrons. The maximum absolute atomic E-state index is 12.5. The second kappa shape index (κ2) is 5.38. The summed E-state index contributed by atoms with van der Waals surface area (Å²) in [7, 11) is 0. The SMILES string of the molecule is FC(F)(F)c1cnc(NCc2cc(Br)c3c(c2)OCO3)s1. The Labute approximate surface area is 130 Å². The van der Waals surface area contributed by atoms with Crippen LogP contribution >= 0.6 is 27.3 Å². The van der Waals surface area contributed by atoms with Crippen molar-refractivity contribution < 1.29 is 22.6 Å². The van der Waals surface area contributed by atoms with E-state index in [4.69, 9.17) is 9.47 Å². The topological polar surface area (TPSA) is 43.4 Å². The molecule has 4 nitrogen and oxygen atoms in total. The lowest BCUT2D eigenvalue weighted by molar-refractivity contribution is -0.134. The number of thiazole rings is 1. The lowest BCUT2D eigenvalue weighted by Crippen LogP contribution is -2.01. The molecule has 9 heteroatoms. The van der Waals surface area contributed by atoms with E-state index in [2.05, 4.69) is 26.2 Å². The van der Waals surface area contributed by atoms with Crippen LogP contribution in [0.25, 0.3) is 0 Å². The number of fused-ring (bicyclic) bond motifs is 1. The molecular weight excluding hydrogens is 373 g/mol. The van der Waals surface area contributed by atoms with Gasteiger partial charge in [0.2, 0.25) is 6.79 Å². The highest BCUT2D eigenvalue weighted by Gasteiger charge is 2.33. The monoisotopic (exact) mass is 380 g/mol. The highest BCUT2D eigenvalue weighted by atomic mass is 79.9. The number of benzene rings is 1. The number of halogens is 4. The summed E-state index contributed by atoms with van der Waals surface area (Å²) in [6, 6.07) is 3.59. The molecule has 0 saturated heterocycles. The molecule has 0 unspecified atom stereocenters. The van der Waals surface area contributed by atoms with Crippen LogP contribution in [0.5, 0.6) is 11.5 Å². The van der Waals surface area contributed by atoms with Crippen LogP contribution in [0.2, 0.25) is 0 Å². The minimum absolute atomic E-state index is 0.159. The normalized spacial score (nSPS) is 13.5. The van der Waals surface area contributed by atoms with Gasteiger partial charge in [0, 0.05) is 6.54 Å². The zero-order chi connectivity index (χ0) is 15.0. The Morgan fingerprint density at radius 1 is 1.33 bits per heavy atom. The van der Waals surface area contributed by atoms with Crippen molar-refractivity contribution in [2.45, 2.75) is 12.7 Å². The maximum Gasteiger partial charge on any atom is 0.427 e. The molecule has 1 aliphatic rings. The van der Waals surface area contributed by atoms with Crippen LogP contribution in [0.1, 0.15) is 10.4 Å². The molecule has 0 bridgehead atoms. The summed E-state index contributed by atoms with van der Waals surface area (Å²) in [6.45, 7) is 0.492. The van der Waals surface area contributed by atoms with E-state index < -0.39 is 11.1 Å². The molecule has 0 saturated carbocycles. The van der Waals surface area contributed by atoms with Gasteiger partial charge in [-0.2, -0.15) is 13.2 Å². The summed E-state index contributed by atoms with van der Waals surface area (Å²) in [5.74, 6) is 1.24. The predicted molar refractivity (Wildman–Crippen MR) is 74.7 cm³/mol. The van der Waals surface area contributed by atoms with Gasteiger partial charge in [0.25, 0.3) is 0 Å². The summed E-state index contributed by atoms with van der Waals surface area (Å²) in [6.07, 6.45) is -3.54. The first-order valence-corrected chi connectivity index (χ1v) is 7.39. The first-order chi connectivity index (χ1) is 9.93. The van der Waals surface area contributed by atoms with Gasteiger partial charge in [-0.15, -0.1) is 0 Å². The van der Waals surface area contributed by atoms with E-state index in [-0.39, 0.29) is 11.9 Å². The van der Waals surface area contributed by atoms with Crippen LogP contribution in [-0.2, 0) is 12.7 Å². The van der Waals surface area contributed by atoms with Crippen molar-refractivity contribution in [2.75, 3.05) is 12.1 Å². The first-order valence-electron chi connectivity index (χ1n) is 5.78. The number of alkyl halides is 3. The predicted octanol–water partition coefficient (Wildman–Crippen LogP) is 4.27. The third-order valence-electron chi connectivity index (χ3n) is 2.72. The largest absolute Gasteiger partial charge is 0.454 e. The van der Waals surface area contributed by atoms with Crippen LogP contribution in [-0.4, -0.2) is 11.8 Å². The molecule has 3 rings (SSSR count). The van der Waals surface area contributed by atoms with Crippen LogP contribution in [0, 0.1) is 0 Å². The second-order valence-corrected chi connectivity index (χ2v) is 6.08. The molecule has 0 atom stereocenters. The van der Waals surface area contributed by atoms with Gasteiger partial charge < -0.3 is 14.8 Å². The van der Waals surface area contributed by atoms with Crippen LogP contribution < -0.4 is 14.8 Å². The third kappa shape index (κ3) is 3.08. The maximum atomic E-state index is 12.5. The van der Waals surface area contributed by atoms with E-state index in [9.17, 15) is 13.2 Å². The molecule has 0 radical (unpaired) electrons. The molecule has 0 fully saturated rings. The number of rotatable bonds is 3. The highest BCUT2D eigenvalue weighted by molar-refractivity contribution is 9.10. The molecule has 0 spiro atoms. The average Bonchev–Trinajstić information content (AvgIpc) is 3.04. The summed E-state index contributed by atoms with van der Waals surface area (Å²) in [4.78, 5) is 2.99. The van der Waals surface area contributed by atoms with Crippen molar-refractivity contribution in [1.29, 1.82) is 0 Å². The van der Waals surface area contributed by atoms with Crippen molar-refractivity contribution in [3.05, 3.63) is 33.2 Å². The van der Waals surface area contributed by atoms with Gasteiger partial charge in [-0.25, -0.2) is 4.98 Å². The number of nitrogens with zero attached hydrogens (tertiary/aromatic N) is 1. The smallest absolute Gasteiger partial charge is 0.427 e. The van der Waals surface area contributed by atoms with Gasteiger partial charge in [0.1, 0.15) is 4.88 Å². The van der Waals surface area contributed by atoms with Crippen molar-refractivity contribution in [2.24, 2.45) is 0 Å². The van der Waals surface area contributed by atoms with E-state index in [1.54, 1.807) is 6.07 Å². The van der Waals surface area contributed by atoms with Gasteiger partial charge in [-0.3, -0.25) is 0 Å². The minimum Gasteiger partial charge on any atom is -0.454 e. The van der Waals surface area contributed by atoms with Crippen LogP contribution in [0.15, 0.2) is 22.8 Å². The quantitative estimate of drug-likeness (QED) is 0.863. The van der Waals surface area contributed by atoms with Gasteiger partial charge in [-0.1, -0.05) is 11.3 Å². The standard InChI is InChI=1S/C12H8BrF3N2O2S/c13-7-1-6(2-8-10(7)20-5-19-8)3-17-11-18-4-9(21-11)12(14,15)16/h1-2,4H,3,5H2,(H,17,18). The summed E-state index contributed by atoms with van der Waals surface area (Å²) in [5, 5.41) is 3.08. The van der Waals surface area contributed by atoms with E-state index >= 15 is 0 Å². The van der Waals surface area contributed by atoms with Crippen molar-refractivity contribution in [3.63, 3.8) is 0 Å². The Bertz CT molecular complexity index is 675. The first kappa shape index (κ1) is 14.5. The zero-order valence-electron chi connectivity index (χ0n) is 10.3.